The molecule has 0 saturated carbocycles. The molecule has 0 atom stereocenters. The molecule has 0 fully saturated rings. The number of halogens is 2. The summed E-state index contributed by atoms with van der Waals surface area (Å²) in [6.07, 6.45) is 0.706. The summed E-state index contributed by atoms with van der Waals surface area (Å²) in [6.45, 7) is 0.357. The molecule has 0 N–H and O–H groups in total. The highest BCUT2D eigenvalue weighted by Crippen LogP contribution is 2.34. The first-order valence-electron chi connectivity index (χ1n) is 5.84. The average molecular weight is 403 g/mol. The summed E-state index contributed by atoms with van der Waals surface area (Å²) in [7, 11) is 1.51. The highest BCUT2D eigenvalue weighted by atomic mass is 127. The highest BCUT2D eigenvalue weighted by Gasteiger charge is 2.12. The van der Waals surface area contributed by atoms with E-state index < -0.39 is 0 Å². The predicted molar refractivity (Wildman–Crippen MR) is 86.9 cm³/mol. The minimum absolute atomic E-state index is 0.357. The molecule has 104 valence electrons. The van der Waals surface area contributed by atoms with Crippen molar-refractivity contribution in [2.75, 3.05) is 7.11 Å². The Labute approximate surface area is 136 Å². The Hall–Kier alpha value is -1.27. The second kappa shape index (κ2) is 6.95. The van der Waals surface area contributed by atoms with Gasteiger partial charge in [-0.05, 0) is 46.4 Å². The number of aldehydes is 1. The number of rotatable bonds is 5. The second-order valence-electron chi connectivity index (χ2n) is 4.06. The monoisotopic (exact) mass is 402 g/mol. The van der Waals surface area contributed by atoms with Crippen molar-refractivity contribution in [1.29, 1.82) is 0 Å². The number of carbonyl (C=O) groups excluding carboxylic acids is 1. The van der Waals surface area contributed by atoms with E-state index in [2.05, 4.69) is 22.6 Å². The molecule has 0 aliphatic rings. The van der Waals surface area contributed by atoms with Crippen molar-refractivity contribution in [3.8, 4) is 11.5 Å². The Morgan fingerprint density at radius 2 is 1.95 bits per heavy atom. The van der Waals surface area contributed by atoms with E-state index in [9.17, 15) is 4.79 Å². The molecule has 2 aromatic carbocycles. The summed E-state index contributed by atoms with van der Waals surface area (Å²) in [5.41, 5.74) is 1.39. The number of hydrogen-bond donors (Lipinski definition) is 0. The molecule has 0 aromatic heterocycles. The van der Waals surface area contributed by atoms with Gasteiger partial charge in [-0.1, -0.05) is 23.7 Å². The van der Waals surface area contributed by atoms with E-state index in [-0.39, 0.29) is 0 Å². The van der Waals surface area contributed by atoms with Crippen LogP contribution in [0.1, 0.15) is 15.9 Å². The van der Waals surface area contributed by atoms with Gasteiger partial charge in [0.1, 0.15) is 6.61 Å². The van der Waals surface area contributed by atoms with Crippen LogP contribution in [0.5, 0.6) is 11.5 Å². The fraction of sp³-hybridized carbons (Fsp3) is 0.133. The largest absolute Gasteiger partial charge is 0.493 e. The highest BCUT2D eigenvalue weighted by molar-refractivity contribution is 14.1. The third-order valence-electron chi connectivity index (χ3n) is 2.69. The molecule has 0 radical (unpaired) electrons. The fourth-order valence-electron chi connectivity index (χ4n) is 1.72. The summed E-state index contributed by atoms with van der Waals surface area (Å²) in [5, 5.41) is 0.436. The molecular formula is C15H12ClIO3. The van der Waals surface area contributed by atoms with Crippen molar-refractivity contribution in [2.24, 2.45) is 0 Å². The molecule has 0 aliphatic carbocycles. The molecule has 0 aliphatic heterocycles. The Morgan fingerprint density at radius 3 is 2.55 bits per heavy atom. The van der Waals surface area contributed by atoms with Gasteiger partial charge in [0, 0.05) is 14.7 Å². The Balaban J connectivity index is 2.24. The predicted octanol–water partition coefficient (Wildman–Crippen LogP) is 4.34. The van der Waals surface area contributed by atoms with Gasteiger partial charge >= 0.3 is 0 Å². The van der Waals surface area contributed by atoms with Gasteiger partial charge in [-0.3, -0.25) is 4.79 Å². The molecule has 0 saturated heterocycles. The lowest BCUT2D eigenvalue weighted by Crippen LogP contribution is -2.01. The van der Waals surface area contributed by atoms with Gasteiger partial charge in [0.2, 0.25) is 0 Å². The normalized spacial score (nSPS) is 10.2. The molecule has 0 unspecified atom stereocenters. The summed E-state index contributed by atoms with van der Waals surface area (Å²) >= 11 is 8.16. The van der Waals surface area contributed by atoms with Crippen LogP contribution < -0.4 is 9.47 Å². The average Bonchev–Trinajstić information content (AvgIpc) is 2.46. The summed E-state index contributed by atoms with van der Waals surface area (Å²) < 4.78 is 12.1. The van der Waals surface area contributed by atoms with Gasteiger partial charge in [0.05, 0.1) is 12.7 Å². The molecular weight excluding hydrogens is 391 g/mol. The number of benzene rings is 2. The van der Waals surface area contributed by atoms with Crippen LogP contribution in [-0.2, 0) is 6.61 Å². The maximum absolute atomic E-state index is 11.1. The van der Waals surface area contributed by atoms with Gasteiger partial charge in [-0.25, -0.2) is 0 Å². The van der Waals surface area contributed by atoms with Crippen LogP contribution in [0.25, 0.3) is 0 Å². The number of carbonyl (C=O) groups is 1. The van der Waals surface area contributed by atoms with Crippen molar-refractivity contribution in [3.05, 3.63) is 56.1 Å². The van der Waals surface area contributed by atoms with E-state index in [1.54, 1.807) is 12.1 Å². The number of hydrogen-bond acceptors (Lipinski definition) is 3. The smallest absolute Gasteiger partial charge is 0.172 e. The lowest BCUT2D eigenvalue weighted by molar-refractivity contribution is 0.111. The van der Waals surface area contributed by atoms with Crippen LogP contribution in [0.2, 0.25) is 5.02 Å². The van der Waals surface area contributed by atoms with Crippen molar-refractivity contribution >= 4 is 40.5 Å². The van der Waals surface area contributed by atoms with Crippen molar-refractivity contribution in [3.63, 3.8) is 0 Å². The minimum Gasteiger partial charge on any atom is -0.493 e. The SMILES string of the molecule is COc1cc(Cl)cc(C=O)c1OCc1ccc(I)cc1. The Kier molecular flexibility index (Phi) is 5.25. The Bertz CT molecular complexity index is 611. The first kappa shape index (κ1) is 15.1. The summed E-state index contributed by atoms with van der Waals surface area (Å²) in [4.78, 5) is 11.1. The van der Waals surface area contributed by atoms with Crippen LogP contribution >= 0.6 is 34.2 Å². The lowest BCUT2D eigenvalue weighted by Gasteiger charge is -2.13. The fourth-order valence-corrected chi connectivity index (χ4v) is 2.29. The van der Waals surface area contributed by atoms with Crippen LogP contribution in [0.15, 0.2) is 36.4 Å². The van der Waals surface area contributed by atoms with Gasteiger partial charge in [-0.15, -0.1) is 0 Å². The minimum atomic E-state index is 0.357. The quantitative estimate of drug-likeness (QED) is 0.551. The second-order valence-corrected chi connectivity index (χ2v) is 5.74. The van der Waals surface area contributed by atoms with E-state index in [4.69, 9.17) is 21.1 Å². The number of methoxy groups -OCH3 is 1. The van der Waals surface area contributed by atoms with Crippen LogP contribution in [0, 0.1) is 3.57 Å². The molecule has 20 heavy (non-hydrogen) atoms. The topological polar surface area (TPSA) is 35.5 Å². The van der Waals surface area contributed by atoms with Gasteiger partial charge in [0.15, 0.2) is 17.8 Å². The molecule has 5 heteroatoms. The molecule has 0 heterocycles. The maximum Gasteiger partial charge on any atom is 0.172 e. The van der Waals surface area contributed by atoms with E-state index in [1.165, 1.54) is 7.11 Å². The van der Waals surface area contributed by atoms with Crippen LogP contribution in [-0.4, -0.2) is 13.4 Å². The third kappa shape index (κ3) is 3.64. The van der Waals surface area contributed by atoms with Gasteiger partial charge < -0.3 is 9.47 Å². The van der Waals surface area contributed by atoms with Crippen LogP contribution in [0.4, 0.5) is 0 Å². The molecule has 0 spiro atoms. The van der Waals surface area contributed by atoms with E-state index >= 15 is 0 Å². The van der Waals surface area contributed by atoms with Crippen molar-refractivity contribution in [1.82, 2.24) is 0 Å². The molecule has 0 amide bonds. The standard InChI is InChI=1S/C15H12ClIO3/c1-19-14-7-12(16)6-11(8-18)15(14)20-9-10-2-4-13(17)5-3-10/h2-8H,9H2,1H3. The molecule has 2 rings (SSSR count). The van der Waals surface area contributed by atoms with Gasteiger partial charge in [0.25, 0.3) is 0 Å². The molecule has 0 bridgehead atoms. The van der Waals surface area contributed by atoms with E-state index in [0.717, 1.165) is 9.13 Å². The van der Waals surface area contributed by atoms with Crippen molar-refractivity contribution < 1.29 is 14.3 Å². The molecule has 2 aromatic rings. The van der Waals surface area contributed by atoms with Crippen LogP contribution in [0.3, 0.4) is 0 Å². The number of ether oxygens (including phenoxy) is 2. The Morgan fingerprint density at radius 1 is 1.25 bits per heavy atom. The lowest BCUT2D eigenvalue weighted by atomic mass is 10.2. The molecule has 3 nitrogen and oxygen atoms in total. The first-order valence-corrected chi connectivity index (χ1v) is 7.29. The zero-order valence-corrected chi connectivity index (χ0v) is 13.6. The van der Waals surface area contributed by atoms with Crippen molar-refractivity contribution in [2.45, 2.75) is 6.61 Å². The maximum atomic E-state index is 11.1. The summed E-state index contributed by atoms with van der Waals surface area (Å²) in [5.74, 6) is 0.857. The van der Waals surface area contributed by atoms with E-state index in [1.807, 2.05) is 24.3 Å². The summed E-state index contributed by atoms with van der Waals surface area (Å²) in [6, 6.07) is 11.1. The first-order chi connectivity index (χ1) is 9.63. The zero-order valence-electron chi connectivity index (χ0n) is 10.7. The van der Waals surface area contributed by atoms with Gasteiger partial charge in [-0.2, -0.15) is 0 Å². The van der Waals surface area contributed by atoms with E-state index in [0.29, 0.717) is 35.0 Å². The third-order valence-corrected chi connectivity index (χ3v) is 3.63. The zero-order chi connectivity index (χ0) is 14.5.